The molecule has 1 aromatic carbocycles. The SMILES string of the molecule is Cc1cccnc1C[C@H](C)N(C)C(=O)Nc1cccc(Cn2cncn2)c1. The molecule has 0 aliphatic carbocycles. The number of benzene rings is 1. The Bertz CT molecular complexity index is 893. The fraction of sp³-hybridized carbons (Fsp3) is 0.300. The van der Waals surface area contributed by atoms with Crippen LogP contribution < -0.4 is 5.32 Å². The van der Waals surface area contributed by atoms with Crippen LogP contribution in [0.3, 0.4) is 0 Å². The van der Waals surface area contributed by atoms with Gasteiger partial charge < -0.3 is 10.2 Å². The van der Waals surface area contributed by atoms with Crippen LogP contribution in [0.25, 0.3) is 0 Å². The van der Waals surface area contributed by atoms with Gasteiger partial charge in [-0.3, -0.25) is 4.98 Å². The van der Waals surface area contributed by atoms with Crippen molar-refractivity contribution in [1.82, 2.24) is 24.6 Å². The van der Waals surface area contributed by atoms with Crippen molar-refractivity contribution < 1.29 is 4.79 Å². The Morgan fingerprint density at radius 2 is 2.15 bits per heavy atom. The van der Waals surface area contributed by atoms with Gasteiger partial charge >= 0.3 is 6.03 Å². The van der Waals surface area contributed by atoms with E-state index >= 15 is 0 Å². The second-order valence-corrected chi connectivity index (χ2v) is 6.65. The van der Waals surface area contributed by atoms with Gasteiger partial charge in [-0.1, -0.05) is 18.2 Å². The Hall–Kier alpha value is -3.22. The number of carbonyl (C=O) groups is 1. The summed E-state index contributed by atoms with van der Waals surface area (Å²) in [5.74, 6) is 0. The first kappa shape index (κ1) is 18.6. The minimum atomic E-state index is -0.144. The smallest absolute Gasteiger partial charge is 0.321 e. The van der Waals surface area contributed by atoms with Crippen molar-refractivity contribution in [3.05, 3.63) is 72.1 Å². The van der Waals surface area contributed by atoms with Gasteiger partial charge in [0.2, 0.25) is 0 Å². The Labute approximate surface area is 159 Å². The molecule has 3 aromatic rings. The number of nitrogens with zero attached hydrogens (tertiary/aromatic N) is 5. The van der Waals surface area contributed by atoms with E-state index in [-0.39, 0.29) is 12.1 Å². The number of rotatable bonds is 6. The first-order chi connectivity index (χ1) is 13.0. The lowest BCUT2D eigenvalue weighted by atomic mass is 10.1. The highest BCUT2D eigenvalue weighted by molar-refractivity contribution is 5.89. The van der Waals surface area contributed by atoms with Crippen LogP contribution in [0, 0.1) is 6.92 Å². The zero-order chi connectivity index (χ0) is 19.2. The Morgan fingerprint density at radius 1 is 1.30 bits per heavy atom. The number of carbonyl (C=O) groups excluding carboxylic acids is 1. The Kier molecular flexibility index (Phi) is 5.80. The molecule has 0 radical (unpaired) electrons. The molecular weight excluding hydrogens is 340 g/mol. The van der Waals surface area contributed by atoms with E-state index in [0.29, 0.717) is 13.0 Å². The second-order valence-electron chi connectivity index (χ2n) is 6.65. The number of hydrogen-bond acceptors (Lipinski definition) is 4. The molecule has 0 spiro atoms. The predicted molar refractivity (Wildman–Crippen MR) is 104 cm³/mol. The van der Waals surface area contributed by atoms with Crippen molar-refractivity contribution in [3.8, 4) is 0 Å². The van der Waals surface area contributed by atoms with E-state index in [2.05, 4.69) is 20.4 Å². The van der Waals surface area contributed by atoms with E-state index in [9.17, 15) is 4.79 Å². The molecule has 0 unspecified atom stereocenters. The number of hydrogen-bond donors (Lipinski definition) is 1. The van der Waals surface area contributed by atoms with Gasteiger partial charge in [-0.15, -0.1) is 0 Å². The number of amides is 2. The van der Waals surface area contributed by atoms with Gasteiger partial charge in [-0.05, 0) is 43.2 Å². The molecule has 0 saturated heterocycles. The number of urea groups is 1. The highest BCUT2D eigenvalue weighted by Crippen LogP contribution is 2.14. The van der Waals surface area contributed by atoms with E-state index in [4.69, 9.17) is 0 Å². The third-order valence-corrected chi connectivity index (χ3v) is 4.58. The molecule has 7 heteroatoms. The van der Waals surface area contributed by atoms with Crippen LogP contribution in [0.15, 0.2) is 55.2 Å². The minimum absolute atomic E-state index is 0.0249. The van der Waals surface area contributed by atoms with Crippen molar-refractivity contribution >= 4 is 11.7 Å². The highest BCUT2D eigenvalue weighted by Gasteiger charge is 2.17. The maximum Gasteiger partial charge on any atom is 0.321 e. The number of likely N-dealkylation sites (N-methyl/N-ethyl adjacent to an activating group) is 1. The van der Waals surface area contributed by atoms with Crippen molar-refractivity contribution in [2.45, 2.75) is 32.9 Å². The fourth-order valence-corrected chi connectivity index (χ4v) is 2.81. The zero-order valence-electron chi connectivity index (χ0n) is 15.8. The van der Waals surface area contributed by atoms with Gasteiger partial charge in [-0.2, -0.15) is 5.10 Å². The van der Waals surface area contributed by atoms with Crippen LogP contribution in [0.1, 0.15) is 23.7 Å². The molecule has 0 aliphatic rings. The number of aromatic nitrogens is 4. The van der Waals surface area contributed by atoms with E-state index < -0.39 is 0 Å². The van der Waals surface area contributed by atoms with Gasteiger partial charge in [0.1, 0.15) is 12.7 Å². The fourth-order valence-electron chi connectivity index (χ4n) is 2.81. The van der Waals surface area contributed by atoms with E-state index in [0.717, 1.165) is 22.5 Å². The van der Waals surface area contributed by atoms with Crippen LogP contribution in [-0.4, -0.2) is 43.8 Å². The van der Waals surface area contributed by atoms with Gasteiger partial charge in [0.25, 0.3) is 0 Å². The largest absolute Gasteiger partial charge is 0.324 e. The Balaban J connectivity index is 1.61. The summed E-state index contributed by atoms with van der Waals surface area (Å²) in [6.07, 6.45) is 5.67. The van der Waals surface area contributed by atoms with Crippen LogP contribution >= 0.6 is 0 Å². The lowest BCUT2D eigenvalue weighted by molar-refractivity contribution is 0.207. The van der Waals surface area contributed by atoms with Gasteiger partial charge in [0.15, 0.2) is 0 Å². The molecule has 2 aromatic heterocycles. The van der Waals surface area contributed by atoms with Crippen molar-refractivity contribution in [2.24, 2.45) is 0 Å². The molecule has 3 rings (SSSR count). The maximum absolute atomic E-state index is 12.6. The Morgan fingerprint density at radius 3 is 2.89 bits per heavy atom. The van der Waals surface area contributed by atoms with Crippen LogP contribution in [0.5, 0.6) is 0 Å². The molecule has 27 heavy (non-hydrogen) atoms. The molecule has 0 saturated carbocycles. The average molecular weight is 364 g/mol. The highest BCUT2D eigenvalue weighted by atomic mass is 16.2. The quantitative estimate of drug-likeness (QED) is 0.729. The summed E-state index contributed by atoms with van der Waals surface area (Å²) in [5, 5.41) is 7.07. The monoisotopic (exact) mass is 364 g/mol. The number of pyridine rings is 1. The molecule has 140 valence electrons. The number of anilines is 1. The molecule has 1 atom stereocenters. The van der Waals surface area contributed by atoms with E-state index in [1.165, 1.54) is 6.33 Å². The lowest BCUT2D eigenvalue weighted by Crippen LogP contribution is -2.39. The average Bonchev–Trinajstić information content (AvgIpc) is 3.16. The van der Waals surface area contributed by atoms with Gasteiger partial charge in [0.05, 0.1) is 6.54 Å². The number of nitrogens with one attached hydrogen (secondary N) is 1. The normalized spacial score (nSPS) is 11.8. The molecule has 7 nitrogen and oxygen atoms in total. The van der Waals surface area contributed by atoms with Crippen LogP contribution in [-0.2, 0) is 13.0 Å². The van der Waals surface area contributed by atoms with Crippen LogP contribution in [0.4, 0.5) is 10.5 Å². The summed E-state index contributed by atoms with van der Waals surface area (Å²) in [6, 6.07) is 11.6. The first-order valence-corrected chi connectivity index (χ1v) is 8.88. The number of aryl methyl sites for hydroxylation is 1. The summed E-state index contributed by atoms with van der Waals surface area (Å²) >= 11 is 0. The zero-order valence-corrected chi connectivity index (χ0v) is 15.8. The van der Waals surface area contributed by atoms with Crippen molar-refractivity contribution in [1.29, 1.82) is 0 Å². The topological polar surface area (TPSA) is 75.9 Å². The van der Waals surface area contributed by atoms with Crippen LogP contribution in [0.2, 0.25) is 0 Å². The molecule has 2 heterocycles. The first-order valence-electron chi connectivity index (χ1n) is 8.88. The van der Waals surface area contributed by atoms with E-state index in [1.807, 2.05) is 50.2 Å². The summed E-state index contributed by atoms with van der Waals surface area (Å²) < 4.78 is 1.74. The molecule has 0 bridgehead atoms. The van der Waals surface area contributed by atoms with Crippen molar-refractivity contribution in [3.63, 3.8) is 0 Å². The summed E-state index contributed by atoms with van der Waals surface area (Å²) in [6.45, 7) is 4.67. The van der Waals surface area contributed by atoms with Crippen molar-refractivity contribution in [2.75, 3.05) is 12.4 Å². The predicted octanol–water partition coefficient (Wildman–Crippen LogP) is 3.12. The summed E-state index contributed by atoms with van der Waals surface area (Å²) in [7, 11) is 1.80. The summed E-state index contributed by atoms with van der Waals surface area (Å²) in [4.78, 5) is 22.7. The standard InChI is InChI=1S/C20H24N6O/c1-15-6-5-9-22-19(15)10-16(2)25(3)20(27)24-18-8-4-7-17(11-18)12-26-14-21-13-23-26/h4-9,11,13-14,16H,10,12H2,1-3H3,(H,24,27)/t16-/m0/s1. The molecule has 0 fully saturated rings. The molecule has 1 N–H and O–H groups in total. The lowest BCUT2D eigenvalue weighted by Gasteiger charge is -2.25. The summed E-state index contributed by atoms with van der Waals surface area (Å²) in [5.41, 5.74) is 3.95. The second kappa shape index (κ2) is 8.44. The molecule has 0 aliphatic heterocycles. The maximum atomic E-state index is 12.6. The molecular formula is C20H24N6O. The third-order valence-electron chi connectivity index (χ3n) is 4.58. The van der Waals surface area contributed by atoms with Gasteiger partial charge in [-0.25, -0.2) is 14.5 Å². The third kappa shape index (κ3) is 4.91. The van der Waals surface area contributed by atoms with E-state index in [1.54, 1.807) is 29.2 Å². The minimum Gasteiger partial charge on any atom is -0.324 e. The molecule has 2 amide bonds. The van der Waals surface area contributed by atoms with Gasteiger partial charge in [0, 0.05) is 37.1 Å².